The lowest BCUT2D eigenvalue weighted by Crippen LogP contribution is -2.55. The summed E-state index contributed by atoms with van der Waals surface area (Å²) in [4.78, 5) is 21.6. The Kier molecular flexibility index (Phi) is 6.84. The van der Waals surface area contributed by atoms with Gasteiger partial charge in [0.1, 0.15) is 11.6 Å². The molecule has 1 saturated heterocycles. The summed E-state index contributed by atoms with van der Waals surface area (Å²) in [5.74, 6) is 1.17. The Balaban J connectivity index is 1.46. The number of likely N-dealkylation sites (tertiary alicyclic amines) is 1. The number of fused-ring (bicyclic) bond motifs is 2. The van der Waals surface area contributed by atoms with Gasteiger partial charge in [-0.15, -0.1) is 0 Å². The van der Waals surface area contributed by atoms with Crippen molar-refractivity contribution in [3.8, 4) is 5.75 Å². The third-order valence-electron chi connectivity index (χ3n) is 7.92. The SMILES string of the molecule is COc1ccc(CN=C2Nc3ccccc3[C@@]23CCN(Cc2ccccc2)C(=O)[C@@H]3c2ccccc2Cl)cc1. The monoisotopic (exact) mass is 535 g/mol. The van der Waals surface area contributed by atoms with Gasteiger partial charge in [-0.25, -0.2) is 0 Å². The molecule has 39 heavy (non-hydrogen) atoms. The van der Waals surface area contributed by atoms with Crippen LogP contribution in [0.3, 0.4) is 0 Å². The summed E-state index contributed by atoms with van der Waals surface area (Å²) < 4.78 is 5.32. The molecule has 0 unspecified atom stereocenters. The highest BCUT2D eigenvalue weighted by Gasteiger charge is 2.57. The number of nitrogens with one attached hydrogen (secondary N) is 1. The zero-order valence-corrected chi connectivity index (χ0v) is 22.6. The number of amidine groups is 1. The number of anilines is 1. The van der Waals surface area contributed by atoms with E-state index in [1.54, 1.807) is 7.11 Å². The van der Waals surface area contributed by atoms with Crippen molar-refractivity contribution in [2.75, 3.05) is 19.0 Å². The van der Waals surface area contributed by atoms with Gasteiger partial charge in [0, 0.05) is 23.8 Å². The number of piperidine rings is 1. The van der Waals surface area contributed by atoms with E-state index in [9.17, 15) is 4.79 Å². The zero-order chi connectivity index (χ0) is 26.8. The maximum Gasteiger partial charge on any atom is 0.231 e. The first-order chi connectivity index (χ1) is 19.1. The van der Waals surface area contributed by atoms with Crippen LogP contribution in [0, 0.1) is 0 Å². The van der Waals surface area contributed by atoms with Gasteiger partial charge in [-0.3, -0.25) is 9.79 Å². The van der Waals surface area contributed by atoms with Crippen molar-refractivity contribution in [1.82, 2.24) is 4.90 Å². The van der Waals surface area contributed by atoms with Crippen molar-refractivity contribution in [2.24, 2.45) is 4.99 Å². The first-order valence-electron chi connectivity index (χ1n) is 13.2. The summed E-state index contributed by atoms with van der Waals surface area (Å²) in [6, 6.07) is 34.1. The smallest absolute Gasteiger partial charge is 0.231 e. The number of carbonyl (C=O) groups is 1. The van der Waals surface area contributed by atoms with Crippen molar-refractivity contribution in [1.29, 1.82) is 0 Å². The van der Waals surface area contributed by atoms with Crippen molar-refractivity contribution < 1.29 is 9.53 Å². The number of hydrogen-bond donors (Lipinski definition) is 1. The van der Waals surface area contributed by atoms with Gasteiger partial charge in [0.05, 0.1) is 25.0 Å². The normalized spacial score (nSPS) is 21.2. The number of rotatable bonds is 6. The van der Waals surface area contributed by atoms with E-state index in [1.165, 1.54) is 0 Å². The van der Waals surface area contributed by atoms with E-state index in [0.29, 0.717) is 24.7 Å². The summed E-state index contributed by atoms with van der Waals surface area (Å²) in [5, 5.41) is 4.20. The van der Waals surface area contributed by atoms with E-state index in [1.807, 2.05) is 83.8 Å². The Morgan fingerprint density at radius 1 is 0.923 bits per heavy atom. The van der Waals surface area contributed by atoms with Crippen LogP contribution in [-0.2, 0) is 23.3 Å². The fraction of sp³-hybridized carbons (Fsp3) is 0.212. The molecule has 0 aliphatic carbocycles. The number of benzene rings is 4. The average molecular weight is 536 g/mol. The number of aliphatic imine (C=N–C) groups is 1. The minimum absolute atomic E-state index is 0.0638. The molecule has 6 heteroatoms. The molecule has 2 aliphatic heterocycles. The number of ether oxygens (including phenoxy) is 1. The lowest BCUT2D eigenvalue weighted by Gasteiger charge is -2.45. The molecule has 2 heterocycles. The molecular formula is C33H30ClN3O2. The van der Waals surface area contributed by atoms with Crippen LogP contribution in [0.2, 0.25) is 5.02 Å². The topological polar surface area (TPSA) is 53.9 Å². The van der Waals surface area contributed by atoms with Gasteiger partial charge < -0.3 is 15.0 Å². The molecular weight excluding hydrogens is 506 g/mol. The van der Waals surface area contributed by atoms with Crippen LogP contribution in [0.4, 0.5) is 5.69 Å². The van der Waals surface area contributed by atoms with Gasteiger partial charge in [-0.05, 0) is 52.9 Å². The van der Waals surface area contributed by atoms with Crippen LogP contribution in [0.5, 0.6) is 5.75 Å². The first-order valence-corrected chi connectivity index (χ1v) is 13.6. The maximum absolute atomic E-state index is 14.5. The standard InChI is InChI=1S/C33H30ClN3O2/c1-39-25-17-15-23(16-18-25)21-35-32-33(27-12-6-8-14-29(27)36-32)19-20-37(22-24-9-3-2-4-10-24)31(38)30(33)26-11-5-7-13-28(26)34/h2-18,30H,19-22H2,1H3,(H,35,36)/t30-,33+/m0/s1. The summed E-state index contributed by atoms with van der Waals surface area (Å²) in [6.45, 7) is 1.66. The van der Waals surface area contributed by atoms with Gasteiger partial charge in [0.25, 0.3) is 0 Å². The van der Waals surface area contributed by atoms with Crippen LogP contribution in [0.15, 0.2) is 108 Å². The van der Waals surface area contributed by atoms with Gasteiger partial charge in [0.2, 0.25) is 5.91 Å². The quantitative estimate of drug-likeness (QED) is 0.294. The predicted molar refractivity (Wildman–Crippen MR) is 157 cm³/mol. The lowest BCUT2D eigenvalue weighted by atomic mass is 9.63. The summed E-state index contributed by atoms with van der Waals surface area (Å²) >= 11 is 6.83. The number of nitrogens with zero attached hydrogens (tertiary/aromatic N) is 2. The minimum atomic E-state index is -0.654. The molecule has 4 aromatic carbocycles. The third-order valence-corrected chi connectivity index (χ3v) is 8.27. The number of methoxy groups -OCH3 is 1. The molecule has 1 fully saturated rings. The second kappa shape index (κ2) is 10.6. The van der Waals surface area contributed by atoms with E-state index in [-0.39, 0.29) is 5.91 Å². The fourth-order valence-corrected chi connectivity index (χ4v) is 6.25. The molecule has 1 spiro atoms. The fourth-order valence-electron chi connectivity index (χ4n) is 6.00. The Morgan fingerprint density at radius 2 is 1.64 bits per heavy atom. The molecule has 2 aliphatic rings. The summed E-state index contributed by atoms with van der Waals surface area (Å²) in [5.41, 5.74) is 4.44. The highest BCUT2D eigenvalue weighted by atomic mass is 35.5. The molecule has 2 atom stereocenters. The van der Waals surface area contributed by atoms with Crippen molar-refractivity contribution >= 4 is 29.0 Å². The molecule has 1 amide bonds. The molecule has 196 valence electrons. The lowest BCUT2D eigenvalue weighted by molar-refractivity contribution is -0.137. The van der Waals surface area contributed by atoms with E-state index >= 15 is 0 Å². The molecule has 5 nitrogen and oxygen atoms in total. The minimum Gasteiger partial charge on any atom is -0.497 e. The second-order valence-corrected chi connectivity index (χ2v) is 10.5. The van der Waals surface area contributed by atoms with E-state index in [4.69, 9.17) is 21.3 Å². The van der Waals surface area contributed by atoms with Crippen LogP contribution >= 0.6 is 11.6 Å². The Labute approximate surface area is 234 Å². The molecule has 4 aromatic rings. The Bertz CT molecular complexity index is 1520. The van der Waals surface area contributed by atoms with Crippen molar-refractivity contribution in [3.05, 3.63) is 130 Å². The number of para-hydroxylation sites is 1. The van der Waals surface area contributed by atoms with Crippen molar-refractivity contribution in [2.45, 2.75) is 30.8 Å². The van der Waals surface area contributed by atoms with Crippen LogP contribution in [-0.4, -0.2) is 30.3 Å². The van der Waals surface area contributed by atoms with Gasteiger partial charge in [-0.2, -0.15) is 0 Å². The molecule has 0 radical (unpaired) electrons. The highest BCUT2D eigenvalue weighted by molar-refractivity contribution is 6.32. The molecule has 1 N–H and O–H groups in total. The molecule has 6 rings (SSSR count). The Hall–Kier alpha value is -4.09. The average Bonchev–Trinajstić information content (AvgIpc) is 3.28. The van der Waals surface area contributed by atoms with Crippen LogP contribution in [0.25, 0.3) is 0 Å². The number of hydrogen-bond acceptors (Lipinski definition) is 3. The van der Waals surface area contributed by atoms with Gasteiger partial charge in [-0.1, -0.05) is 90.5 Å². The first kappa shape index (κ1) is 25.2. The van der Waals surface area contributed by atoms with E-state index in [0.717, 1.165) is 45.9 Å². The summed E-state index contributed by atoms with van der Waals surface area (Å²) in [7, 11) is 1.66. The number of carbonyl (C=O) groups excluding carboxylic acids is 1. The van der Waals surface area contributed by atoms with Gasteiger partial charge >= 0.3 is 0 Å². The third kappa shape index (κ3) is 4.57. The number of amides is 1. The maximum atomic E-state index is 14.5. The van der Waals surface area contributed by atoms with Crippen LogP contribution < -0.4 is 10.1 Å². The highest BCUT2D eigenvalue weighted by Crippen LogP contribution is 2.54. The largest absolute Gasteiger partial charge is 0.497 e. The molecule has 0 saturated carbocycles. The Morgan fingerprint density at radius 3 is 2.41 bits per heavy atom. The second-order valence-electron chi connectivity index (χ2n) is 10.1. The van der Waals surface area contributed by atoms with Crippen molar-refractivity contribution in [3.63, 3.8) is 0 Å². The van der Waals surface area contributed by atoms with E-state index in [2.05, 4.69) is 29.6 Å². The predicted octanol–water partition coefficient (Wildman–Crippen LogP) is 6.83. The zero-order valence-electron chi connectivity index (χ0n) is 21.8. The molecule has 0 bridgehead atoms. The molecule has 0 aromatic heterocycles. The summed E-state index contributed by atoms with van der Waals surface area (Å²) in [6.07, 6.45) is 0.729. The van der Waals surface area contributed by atoms with E-state index < -0.39 is 11.3 Å². The number of halogens is 1. The van der Waals surface area contributed by atoms with Crippen LogP contribution in [0.1, 0.15) is 34.6 Å². The van der Waals surface area contributed by atoms with Gasteiger partial charge in [0.15, 0.2) is 0 Å².